The molecule has 12 heteroatoms. The lowest BCUT2D eigenvalue weighted by molar-refractivity contribution is -0.0688. The number of rotatable bonds is 6. The van der Waals surface area contributed by atoms with Crippen LogP contribution in [0.15, 0.2) is 24.3 Å². The maximum atomic E-state index is 13.9. The molecule has 0 aliphatic carbocycles. The Balaban J connectivity index is 1.54. The van der Waals surface area contributed by atoms with Crippen LogP contribution in [-0.4, -0.2) is 83.1 Å². The number of fused-ring (bicyclic) bond motifs is 1. The summed E-state index contributed by atoms with van der Waals surface area (Å²) < 4.78 is 23.8. The highest BCUT2D eigenvalue weighted by Crippen LogP contribution is 2.39. The Morgan fingerprint density at radius 1 is 1.09 bits per heavy atom. The number of ether oxygens (including phenoxy) is 2. The summed E-state index contributed by atoms with van der Waals surface area (Å²) in [5.74, 6) is 0.0344. The van der Waals surface area contributed by atoms with Gasteiger partial charge in [-0.3, -0.25) is 4.79 Å². The number of carbonyl (C=O) groups excluding carboxylic acids is 2. The number of nitrogens with zero attached hydrogens (tertiary/aromatic N) is 3. The molecule has 44 heavy (non-hydrogen) atoms. The number of anilines is 2. The minimum atomic E-state index is -1.02. The molecule has 11 nitrogen and oxygen atoms in total. The van der Waals surface area contributed by atoms with Crippen LogP contribution < -0.4 is 10.8 Å². The predicted octanol–water partition coefficient (Wildman–Crippen LogP) is 4.07. The number of nitrogens with one attached hydrogen (secondary N) is 1. The zero-order valence-corrected chi connectivity index (χ0v) is 27.4. The van der Waals surface area contributed by atoms with Gasteiger partial charge in [-0.15, -0.1) is 0 Å². The first-order valence-corrected chi connectivity index (χ1v) is 15.2. The van der Waals surface area contributed by atoms with Gasteiger partial charge in [-0.25, -0.2) is 14.7 Å². The molecule has 2 amide bonds. The van der Waals surface area contributed by atoms with E-state index in [1.165, 1.54) is 0 Å². The van der Waals surface area contributed by atoms with Crippen molar-refractivity contribution in [1.82, 2.24) is 14.8 Å². The zero-order chi connectivity index (χ0) is 32.2. The van der Waals surface area contributed by atoms with Gasteiger partial charge in [0.2, 0.25) is 0 Å². The molecule has 5 rings (SSSR count). The van der Waals surface area contributed by atoms with Crippen molar-refractivity contribution in [2.45, 2.75) is 96.8 Å². The first-order valence-electron chi connectivity index (χ1n) is 15.2. The third-order valence-corrected chi connectivity index (χ3v) is 8.77. The number of carbonyl (C=O) groups is 2. The van der Waals surface area contributed by atoms with Crippen molar-refractivity contribution in [2.75, 3.05) is 32.6 Å². The summed E-state index contributed by atoms with van der Waals surface area (Å²) >= 11 is 0. The van der Waals surface area contributed by atoms with Gasteiger partial charge in [-0.05, 0) is 85.7 Å². The normalized spacial score (nSPS) is 20.7. The molecule has 2 saturated heterocycles. The second kappa shape index (κ2) is 11.4. The van der Waals surface area contributed by atoms with Gasteiger partial charge in [0.05, 0.1) is 40.3 Å². The molecule has 0 spiro atoms. The van der Waals surface area contributed by atoms with E-state index < -0.39 is 41.5 Å². The lowest BCUT2D eigenvalue weighted by Gasteiger charge is -2.34. The molecule has 0 bridgehead atoms. The minimum Gasteiger partial charge on any atom is -0.443 e. The molecule has 1 aromatic carbocycles. The fourth-order valence-electron chi connectivity index (χ4n) is 5.73. The summed E-state index contributed by atoms with van der Waals surface area (Å²) in [6.07, 6.45) is 0.264. The summed E-state index contributed by atoms with van der Waals surface area (Å²) in [6, 6.07) is 7.37. The highest BCUT2D eigenvalue weighted by molar-refractivity contribution is 6.63. The molecule has 0 atom stereocenters. The molecule has 2 fully saturated rings. The molecular formula is C32H45BN4O7. The summed E-state index contributed by atoms with van der Waals surface area (Å²) in [5.41, 5.74) is 0.687. The number of aliphatic hydroxyl groups is 1. The second-order valence-corrected chi connectivity index (χ2v) is 14.2. The van der Waals surface area contributed by atoms with Crippen LogP contribution in [0.2, 0.25) is 0 Å². The molecule has 2 aromatic rings. The maximum absolute atomic E-state index is 13.9. The number of hydrogen-bond acceptors (Lipinski definition) is 10. The summed E-state index contributed by atoms with van der Waals surface area (Å²) in [6.45, 7) is 14.7. The smallest absolute Gasteiger partial charge is 0.443 e. The Bertz CT molecular complexity index is 1430. The summed E-state index contributed by atoms with van der Waals surface area (Å²) in [4.78, 5) is 35.1. The number of benzene rings is 1. The lowest BCUT2D eigenvalue weighted by Crippen LogP contribution is -2.41. The average Bonchev–Trinajstić information content (AvgIpc) is 3.35. The van der Waals surface area contributed by atoms with Gasteiger partial charge in [0, 0.05) is 38.2 Å². The Hall–Kier alpha value is -3.03. The SMILES string of the molecule is CN(C)Cc1nc(Nc2ccc(B3OC(C)(C)C(C)(C)O3)c3c2C(=O)N(C(=O)OC(C)(C)C)C3)ccc1C1(O)CCOCC1. The van der Waals surface area contributed by atoms with Crippen molar-refractivity contribution in [3.8, 4) is 0 Å². The fraction of sp³-hybridized carbons (Fsp3) is 0.594. The van der Waals surface area contributed by atoms with Gasteiger partial charge in [0.1, 0.15) is 11.4 Å². The van der Waals surface area contributed by atoms with Crippen LogP contribution in [0.1, 0.15) is 88.5 Å². The Morgan fingerprint density at radius 3 is 2.32 bits per heavy atom. The predicted molar refractivity (Wildman–Crippen MR) is 167 cm³/mol. The molecule has 238 valence electrons. The Labute approximate surface area is 260 Å². The van der Waals surface area contributed by atoms with Crippen LogP contribution in [0, 0.1) is 0 Å². The molecule has 1 aromatic heterocycles. The van der Waals surface area contributed by atoms with Gasteiger partial charge in [-0.2, -0.15) is 0 Å². The number of imide groups is 1. The minimum absolute atomic E-state index is 0.0192. The van der Waals surface area contributed by atoms with Gasteiger partial charge in [-0.1, -0.05) is 12.1 Å². The van der Waals surface area contributed by atoms with E-state index in [1.54, 1.807) is 26.8 Å². The molecule has 0 saturated carbocycles. The first-order chi connectivity index (χ1) is 20.4. The highest BCUT2D eigenvalue weighted by Gasteiger charge is 2.53. The second-order valence-electron chi connectivity index (χ2n) is 14.2. The van der Waals surface area contributed by atoms with E-state index in [1.807, 2.05) is 64.9 Å². The van der Waals surface area contributed by atoms with Gasteiger partial charge in [0.15, 0.2) is 0 Å². The van der Waals surface area contributed by atoms with Crippen molar-refractivity contribution in [2.24, 2.45) is 0 Å². The van der Waals surface area contributed by atoms with Crippen molar-refractivity contribution in [3.05, 3.63) is 46.6 Å². The van der Waals surface area contributed by atoms with E-state index in [0.717, 1.165) is 16.2 Å². The van der Waals surface area contributed by atoms with Crippen LogP contribution in [0.25, 0.3) is 0 Å². The van der Waals surface area contributed by atoms with Gasteiger partial charge < -0.3 is 34.1 Å². The van der Waals surface area contributed by atoms with Gasteiger partial charge in [0.25, 0.3) is 5.91 Å². The maximum Gasteiger partial charge on any atom is 0.495 e. The monoisotopic (exact) mass is 608 g/mol. The van der Waals surface area contributed by atoms with E-state index in [9.17, 15) is 14.7 Å². The summed E-state index contributed by atoms with van der Waals surface area (Å²) in [7, 11) is 3.17. The fourth-order valence-corrected chi connectivity index (χ4v) is 5.73. The third-order valence-electron chi connectivity index (χ3n) is 8.77. The molecule has 3 aliphatic heterocycles. The number of aromatic nitrogens is 1. The molecule has 4 heterocycles. The number of amides is 2. The zero-order valence-electron chi connectivity index (χ0n) is 27.4. The third kappa shape index (κ3) is 6.23. The molecular weight excluding hydrogens is 563 g/mol. The van der Waals surface area contributed by atoms with Crippen LogP contribution in [0.4, 0.5) is 16.3 Å². The largest absolute Gasteiger partial charge is 0.495 e. The van der Waals surface area contributed by atoms with E-state index in [-0.39, 0.29) is 6.54 Å². The van der Waals surface area contributed by atoms with E-state index in [2.05, 4.69) is 5.32 Å². The first kappa shape index (κ1) is 32.4. The van der Waals surface area contributed by atoms with E-state index in [4.69, 9.17) is 23.8 Å². The molecule has 0 unspecified atom stereocenters. The summed E-state index contributed by atoms with van der Waals surface area (Å²) in [5, 5.41) is 14.8. The Kier molecular flexibility index (Phi) is 8.39. The van der Waals surface area contributed by atoms with E-state index in [0.29, 0.717) is 60.7 Å². The molecule has 0 radical (unpaired) electrons. The van der Waals surface area contributed by atoms with Crippen molar-refractivity contribution in [1.29, 1.82) is 0 Å². The lowest BCUT2D eigenvalue weighted by atomic mass is 9.74. The van der Waals surface area contributed by atoms with E-state index >= 15 is 0 Å². The van der Waals surface area contributed by atoms with Crippen LogP contribution >= 0.6 is 0 Å². The van der Waals surface area contributed by atoms with Gasteiger partial charge >= 0.3 is 13.2 Å². The van der Waals surface area contributed by atoms with Crippen LogP contribution in [0.3, 0.4) is 0 Å². The molecule has 2 N–H and O–H groups in total. The molecule has 3 aliphatic rings. The van der Waals surface area contributed by atoms with Crippen molar-refractivity contribution >= 4 is 36.1 Å². The van der Waals surface area contributed by atoms with Crippen molar-refractivity contribution in [3.63, 3.8) is 0 Å². The average molecular weight is 609 g/mol. The highest BCUT2D eigenvalue weighted by atomic mass is 16.7. The Morgan fingerprint density at radius 2 is 1.73 bits per heavy atom. The van der Waals surface area contributed by atoms with Crippen molar-refractivity contribution < 1.29 is 33.5 Å². The standard InChI is InChI=1S/C32H45BN4O7/c1-29(2,3)42-28(39)37-18-20-22(33-43-30(4,5)31(6,7)44-33)11-12-23(26(20)27(37)38)34-25-13-10-21(24(35-25)19-36(8)9)32(40)14-16-41-17-15-32/h10-13,40H,14-19H2,1-9H3,(H,34,35). The number of pyridine rings is 1. The topological polar surface area (TPSA) is 123 Å². The van der Waals surface area contributed by atoms with Crippen LogP contribution in [0.5, 0.6) is 0 Å². The van der Waals surface area contributed by atoms with Crippen LogP contribution in [-0.2, 0) is 37.5 Å². The number of hydrogen-bond donors (Lipinski definition) is 2. The quantitative estimate of drug-likeness (QED) is 0.464.